The largest absolute Gasteiger partial charge is 0.379 e. The Balaban J connectivity index is 1.40. The maximum Gasteiger partial charge on any atom is 0.230 e. The molecule has 0 atom stereocenters. The Hall–Kier alpha value is -2.54. The van der Waals surface area contributed by atoms with E-state index in [9.17, 15) is 4.79 Å². The van der Waals surface area contributed by atoms with E-state index in [1.165, 1.54) is 11.1 Å². The van der Waals surface area contributed by atoms with Gasteiger partial charge in [0.2, 0.25) is 5.91 Å². The predicted molar refractivity (Wildman–Crippen MR) is 122 cm³/mol. The number of thiazole rings is 1. The number of nitrogens with zero attached hydrogens (tertiary/aromatic N) is 2. The van der Waals surface area contributed by atoms with Crippen LogP contribution in [0.15, 0.2) is 47.8 Å². The van der Waals surface area contributed by atoms with Gasteiger partial charge in [-0.3, -0.25) is 9.69 Å². The summed E-state index contributed by atoms with van der Waals surface area (Å²) in [6.45, 7) is 8.54. The normalized spacial score (nSPS) is 14.6. The third kappa shape index (κ3) is 5.33. The quantitative estimate of drug-likeness (QED) is 0.639. The van der Waals surface area contributed by atoms with Crippen LogP contribution in [0.4, 0.5) is 5.69 Å². The van der Waals surface area contributed by atoms with Crippen LogP contribution in [-0.2, 0) is 22.5 Å². The number of aryl methyl sites for hydroxylation is 2. The molecule has 6 heteroatoms. The van der Waals surface area contributed by atoms with Crippen molar-refractivity contribution in [2.75, 3.05) is 31.6 Å². The average molecular weight is 422 g/mol. The number of hydrogen-bond acceptors (Lipinski definition) is 5. The molecule has 0 bridgehead atoms. The summed E-state index contributed by atoms with van der Waals surface area (Å²) < 4.78 is 5.43. The number of carbonyl (C=O) groups is 1. The number of carbonyl (C=O) groups excluding carboxylic acids is 1. The summed E-state index contributed by atoms with van der Waals surface area (Å²) in [6, 6.07) is 14.6. The van der Waals surface area contributed by atoms with Crippen LogP contribution < -0.4 is 5.32 Å². The lowest BCUT2D eigenvalue weighted by Crippen LogP contribution is -2.35. The number of morpholine rings is 1. The van der Waals surface area contributed by atoms with E-state index in [0.717, 1.165) is 60.4 Å². The van der Waals surface area contributed by atoms with E-state index >= 15 is 0 Å². The second-order valence-corrected chi connectivity index (χ2v) is 8.63. The third-order valence-corrected chi connectivity index (χ3v) is 6.17. The Morgan fingerprint density at radius 2 is 2.00 bits per heavy atom. The molecule has 0 unspecified atom stereocenters. The lowest BCUT2D eigenvalue weighted by molar-refractivity contribution is -0.115. The van der Waals surface area contributed by atoms with Gasteiger partial charge in [0.1, 0.15) is 5.01 Å². The van der Waals surface area contributed by atoms with Crippen molar-refractivity contribution < 1.29 is 9.53 Å². The molecule has 1 N–H and O–H groups in total. The number of amides is 1. The minimum atomic E-state index is -0.0418. The standard InChI is InChI=1S/C24H27N3O2S/c1-17-6-7-22(18(2)12-17)26-23(28)14-21-16-30-24(25-21)20-5-3-4-19(13-20)15-27-8-10-29-11-9-27/h3-7,12-13,16H,8-11,14-15H2,1-2H3,(H,26,28). The van der Waals surface area contributed by atoms with Gasteiger partial charge in [-0.2, -0.15) is 0 Å². The Labute approximate surface area is 181 Å². The molecule has 1 saturated heterocycles. The molecule has 0 saturated carbocycles. The van der Waals surface area contributed by atoms with Gasteiger partial charge in [-0.15, -0.1) is 11.3 Å². The van der Waals surface area contributed by atoms with Crippen LogP contribution in [-0.4, -0.2) is 42.1 Å². The Morgan fingerprint density at radius 1 is 1.17 bits per heavy atom. The fourth-order valence-electron chi connectivity index (χ4n) is 3.65. The molecule has 4 rings (SSSR count). The molecule has 2 aromatic carbocycles. The molecule has 0 aliphatic carbocycles. The van der Waals surface area contributed by atoms with Gasteiger partial charge in [-0.25, -0.2) is 4.98 Å². The molecule has 1 aliphatic heterocycles. The fourth-order valence-corrected chi connectivity index (χ4v) is 4.47. The van der Waals surface area contributed by atoms with Crippen molar-refractivity contribution in [3.8, 4) is 10.6 Å². The third-order valence-electron chi connectivity index (χ3n) is 5.23. The number of benzene rings is 2. The van der Waals surface area contributed by atoms with Crippen molar-refractivity contribution in [2.24, 2.45) is 0 Å². The molecule has 5 nitrogen and oxygen atoms in total. The first-order valence-corrected chi connectivity index (χ1v) is 11.2. The van der Waals surface area contributed by atoms with Crippen molar-refractivity contribution in [3.05, 3.63) is 70.2 Å². The molecule has 3 aromatic rings. The minimum absolute atomic E-state index is 0.0418. The van der Waals surface area contributed by atoms with Crippen molar-refractivity contribution in [2.45, 2.75) is 26.8 Å². The zero-order valence-corrected chi connectivity index (χ0v) is 18.3. The number of nitrogens with one attached hydrogen (secondary N) is 1. The van der Waals surface area contributed by atoms with Crippen molar-refractivity contribution in [3.63, 3.8) is 0 Å². The van der Waals surface area contributed by atoms with E-state index in [1.54, 1.807) is 11.3 Å². The number of hydrogen-bond donors (Lipinski definition) is 1. The van der Waals surface area contributed by atoms with Crippen LogP contribution in [0.3, 0.4) is 0 Å². The zero-order valence-electron chi connectivity index (χ0n) is 17.5. The lowest BCUT2D eigenvalue weighted by Gasteiger charge is -2.26. The van der Waals surface area contributed by atoms with Gasteiger partial charge in [0.15, 0.2) is 0 Å². The number of anilines is 1. The van der Waals surface area contributed by atoms with Gasteiger partial charge in [-0.1, -0.05) is 35.9 Å². The highest BCUT2D eigenvalue weighted by molar-refractivity contribution is 7.13. The van der Waals surface area contributed by atoms with Crippen molar-refractivity contribution >= 4 is 22.9 Å². The number of aromatic nitrogens is 1. The summed E-state index contributed by atoms with van der Waals surface area (Å²) in [5.41, 5.74) is 6.29. The van der Waals surface area contributed by atoms with Gasteiger partial charge < -0.3 is 10.1 Å². The molecular weight excluding hydrogens is 394 g/mol. The molecule has 0 spiro atoms. The molecule has 0 radical (unpaired) electrons. The van der Waals surface area contributed by atoms with E-state index in [1.807, 2.05) is 31.4 Å². The molecular formula is C24H27N3O2S. The molecule has 1 amide bonds. The maximum atomic E-state index is 12.5. The summed E-state index contributed by atoms with van der Waals surface area (Å²) >= 11 is 1.59. The van der Waals surface area contributed by atoms with Crippen LogP contribution in [0, 0.1) is 13.8 Å². The van der Waals surface area contributed by atoms with E-state index in [0.29, 0.717) is 0 Å². The molecule has 1 fully saturated rings. The van der Waals surface area contributed by atoms with Gasteiger partial charge in [-0.05, 0) is 37.1 Å². The first kappa shape index (κ1) is 20.7. The molecule has 30 heavy (non-hydrogen) atoms. The van der Waals surface area contributed by atoms with Gasteiger partial charge in [0.05, 0.1) is 25.3 Å². The van der Waals surface area contributed by atoms with Gasteiger partial charge in [0.25, 0.3) is 0 Å². The monoisotopic (exact) mass is 421 g/mol. The van der Waals surface area contributed by atoms with Crippen LogP contribution in [0.5, 0.6) is 0 Å². The molecule has 2 heterocycles. The highest BCUT2D eigenvalue weighted by Crippen LogP contribution is 2.26. The Kier molecular flexibility index (Phi) is 6.57. The van der Waals surface area contributed by atoms with E-state index in [4.69, 9.17) is 9.72 Å². The summed E-state index contributed by atoms with van der Waals surface area (Å²) in [5, 5.41) is 5.93. The second kappa shape index (κ2) is 9.51. The summed E-state index contributed by atoms with van der Waals surface area (Å²) in [6.07, 6.45) is 0.275. The first-order valence-electron chi connectivity index (χ1n) is 10.3. The van der Waals surface area contributed by atoms with Crippen LogP contribution in [0.25, 0.3) is 10.6 Å². The molecule has 1 aliphatic rings. The summed E-state index contributed by atoms with van der Waals surface area (Å²) in [5.74, 6) is -0.0418. The molecule has 156 valence electrons. The van der Waals surface area contributed by atoms with Gasteiger partial charge in [0, 0.05) is 36.3 Å². The first-order chi connectivity index (χ1) is 14.6. The lowest BCUT2D eigenvalue weighted by atomic mass is 10.1. The smallest absolute Gasteiger partial charge is 0.230 e. The Bertz CT molecular complexity index is 1020. The van der Waals surface area contributed by atoms with Crippen LogP contribution >= 0.6 is 11.3 Å². The maximum absolute atomic E-state index is 12.5. The minimum Gasteiger partial charge on any atom is -0.379 e. The number of ether oxygens (including phenoxy) is 1. The van der Waals surface area contributed by atoms with E-state index < -0.39 is 0 Å². The second-order valence-electron chi connectivity index (χ2n) is 7.78. The summed E-state index contributed by atoms with van der Waals surface area (Å²) in [4.78, 5) is 19.6. The van der Waals surface area contributed by atoms with Crippen molar-refractivity contribution in [1.82, 2.24) is 9.88 Å². The van der Waals surface area contributed by atoms with Crippen molar-refractivity contribution in [1.29, 1.82) is 0 Å². The zero-order chi connectivity index (χ0) is 20.9. The average Bonchev–Trinajstić information content (AvgIpc) is 3.19. The van der Waals surface area contributed by atoms with E-state index in [2.05, 4.69) is 40.5 Å². The van der Waals surface area contributed by atoms with Crippen LogP contribution in [0.2, 0.25) is 0 Å². The highest BCUT2D eigenvalue weighted by atomic mass is 32.1. The highest BCUT2D eigenvalue weighted by Gasteiger charge is 2.13. The SMILES string of the molecule is Cc1ccc(NC(=O)Cc2csc(-c3cccc(CN4CCOCC4)c3)n2)c(C)c1. The fraction of sp³-hybridized carbons (Fsp3) is 0.333. The van der Waals surface area contributed by atoms with E-state index in [-0.39, 0.29) is 12.3 Å². The predicted octanol–water partition coefficient (Wildman–Crippen LogP) is 4.44. The topological polar surface area (TPSA) is 54.5 Å². The Morgan fingerprint density at radius 3 is 2.80 bits per heavy atom. The van der Waals surface area contributed by atoms with Crippen LogP contribution in [0.1, 0.15) is 22.4 Å². The number of rotatable bonds is 6. The molecule has 1 aromatic heterocycles. The summed E-state index contributed by atoms with van der Waals surface area (Å²) in [7, 11) is 0. The van der Waals surface area contributed by atoms with Gasteiger partial charge >= 0.3 is 0 Å².